The third-order valence-electron chi connectivity index (χ3n) is 2.76. The number of unbranched alkanes of at least 4 members (excludes halogenated alkanes) is 1. The summed E-state index contributed by atoms with van der Waals surface area (Å²) in [5, 5.41) is 3.10. The molecule has 0 spiro atoms. The Kier molecular flexibility index (Phi) is 7.04. The van der Waals surface area contributed by atoms with Crippen LogP contribution in [0.3, 0.4) is 0 Å². The highest BCUT2D eigenvalue weighted by molar-refractivity contribution is 7.89. The standard InChI is InChI=1S/C13H20F2N2O2S/c1-2-16-7-3-4-8-20(18,19)17-10-11-5-6-12(14)9-13(11)15/h5-6,9,16-17H,2-4,7-8,10H2,1H3. The fourth-order valence-electron chi connectivity index (χ4n) is 1.64. The summed E-state index contributed by atoms with van der Waals surface area (Å²) < 4.78 is 51.7. The van der Waals surface area contributed by atoms with Gasteiger partial charge in [-0.25, -0.2) is 21.9 Å². The molecule has 0 aliphatic rings. The molecular formula is C13H20F2N2O2S. The summed E-state index contributed by atoms with van der Waals surface area (Å²) in [4.78, 5) is 0. The van der Waals surface area contributed by atoms with Crippen LogP contribution in [0.15, 0.2) is 18.2 Å². The molecule has 0 saturated heterocycles. The fraction of sp³-hybridized carbons (Fsp3) is 0.538. The average molecular weight is 306 g/mol. The molecule has 0 atom stereocenters. The molecule has 1 aromatic rings. The monoisotopic (exact) mass is 306 g/mol. The molecule has 0 aliphatic carbocycles. The topological polar surface area (TPSA) is 58.2 Å². The minimum Gasteiger partial charge on any atom is -0.317 e. The summed E-state index contributed by atoms with van der Waals surface area (Å²) in [6.07, 6.45) is 1.30. The summed E-state index contributed by atoms with van der Waals surface area (Å²) in [5.74, 6) is -1.43. The third-order valence-corrected chi connectivity index (χ3v) is 4.17. The van der Waals surface area contributed by atoms with Crippen LogP contribution in [0.25, 0.3) is 0 Å². The molecule has 0 fully saturated rings. The van der Waals surface area contributed by atoms with Crippen LogP contribution in [-0.4, -0.2) is 27.3 Å². The molecule has 1 aromatic carbocycles. The fourth-order valence-corrected chi connectivity index (χ4v) is 2.75. The Morgan fingerprint density at radius 3 is 2.60 bits per heavy atom. The van der Waals surface area contributed by atoms with Gasteiger partial charge in [0, 0.05) is 18.2 Å². The molecule has 0 amide bonds. The van der Waals surface area contributed by atoms with E-state index in [2.05, 4.69) is 10.0 Å². The number of halogens is 2. The van der Waals surface area contributed by atoms with E-state index in [-0.39, 0.29) is 17.9 Å². The summed E-state index contributed by atoms with van der Waals surface area (Å²) in [5.41, 5.74) is 0.127. The zero-order valence-electron chi connectivity index (χ0n) is 11.5. The van der Waals surface area contributed by atoms with Gasteiger partial charge in [0.05, 0.1) is 5.75 Å². The highest BCUT2D eigenvalue weighted by Crippen LogP contribution is 2.09. The molecule has 0 heterocycles. The normalized spacial score (nSPS) is 11.8. The van der Waals surface area contributed by atoms with Crippen molar-refractivity contribution in [3.8, 4) is 0 Å². The highest BCUT2D eigenvalue weighted by Gasteiger charge is 2.11. The van der Waals surface area contributed by atoms with Crippen LogP contribution in [0.4, 0.5) is 8.78 Å². The second-order valence-corrected chi connectivity index (χ2v) is 6.36. The van der Waals surface area contributed by atoms with Crippen molar-refractivity contribution in [2.24, 2.45) is 0 Å². The molecule has 0 aliphatic heterocycles. The maximum atomic E-state index is 13.3. The van der Waals surface area contributed by atoms with E-state index in [4.69, 9.17) is 0 Å². The van der Waals surface area contributed by atoms with Gasteiger partial charge in [0.2, 0.25) is 10.0 Å². The predicted molar refractivity (Wildman–Crippen MR) is 74.8 cm³/mol. The molecule has 0 bridgehead atoms. The third kappa shape index (κ3) is 6.40. The first kappa shape index (κ1) is 17.0. The molecule has 0 radical (unpaired) electrons. The van der Waals surface area contributed by atoms with Crippen LogP contribution in [0.2, 0.25) is 0 Å². The van der Waals surface area contributed by atoms with Crippen LogP contribution < -0.4 is 10.0 Å². The Morgan fingerprint density at radius 1 is 1.20 bits per heavy atom. The minimum atomic E-state index is -3.43. The maximum Gasteiger partial charge on any atom is 0.211 e. The minimum absolute atomic E-state index is 0.00120. The van der Waals surface area contributed by atoms with Crippen LogP contribution in [-0.2, 0) is 16.6 Å². The van der Waals surface area contributed by atoms with Gasteiger partial charge in [-0.1, -0.05) is 13.0 Å². The van der Waals surface area contributed by atoms with E-state index in [1.807, 2.05) is 6.92 Å². The molecule has 20 heavy (non-hydrogen) atoms. The lowest BCUT2D eigenvalue weighted by atomic mass is 10.2. The smallest absolute Gasteiger partial charge is 0.211 e. The van der Waals surface area contributed by atoms with Gasteiger partial charge >= 0.3 is 0 Å². The van der Waals surface area contributed by atoms with E-state index in [0.29, 0.717) is 6.42 Å². The molecular weight excluding hydrogens is 286 g/mol. The van der Waals surface area contributed by atoms with E-state index >= 15 is 0 Å². The quantitative estimate of drug-likeness (QED) is 0.684. The van der Waals surface area contributed by atoms with Gasteiger partial charge in [-0.3, -0.25) is 0 Å². The molecule has 7 heteroatoms. The Balaban J connectivity index is 2.39. The summed E-state index contributed by atoms with van der Waals surface area (Å²) in [6.45, 7) is 3.45. The van der Waals surface area contributed by atoms with E-state index in [1.165, 1.54) is 6.07 Å². The highest BCUT2D eigenvalue weighted by atomic mass is 32.2. The van der Waals surface area contributed by atoms with Gasteiger partial charge < -0.3 is 5.32 Å². The summed E-state index contributed by atoms with van der Waals surface area (Å²) >= 11 is 0. The summed E-state index contributed by atoms with van der Waals surface area (Å²) in [6, 6.07) is 3.07. The Bertz CT molecular complexity index is 521. The van der Waals surface area contributed by atoms with Gasteiger partial charge in [0.1, 0.15) is 11.6 Å². The number of hydrogen-bond acceptors (Lipinski definition) is 3. The molecule has 2 N–H and O–H groups in total. The first-order valence-electron chi connectivity index (χ1n) is 6.56. The lowest BCUT2D eigenvalue weighted by molar-refractivity contribution is 0.560. The van der Waals surface area contributed by atoms with Crippen molar-refractivity contribution in [2.45, 2.75) is 26.3 Å². The van der Waals surface area contributed by atoms with Crippen molar-refractivity contribution in [3.05, 3.63) is 35.4 Å². The van der Waals surface area contributed by atoms with Crippen molar-refractivity contribution in [2.75, 3.05) is 18.8 Å². The van der Waals surface area contributed by atoms with Crippen LogP contribution in [0.1, 0.15) is 25.3 Å². The Morgan fingerprint density at radius 2 is 1.95 bits per heavy atom. The Labute approximate surface area is 118 Å². The van der Waals surface area contributed by atoms with Crippen molar-refractivity contribution in [3.63, 3.8) is 0 Å². The molecule has 0 aromatic heterocycles. The lowest BCUT2D eigenvalue weighted by Crippen LogP contribution is -2.27. The zero-order chi connectivity index (χ0) is 15.0. The Hall–Kier alpha value is -1.05. The lowest BCUT2D eigenvalue weighted by Gasteiger charge is -2.08. The predicted octanol–water partition coefficient (Wildman–Crippen LogP) is 1.77. The number of benzene rings is 1. The van der Waals surface area contributed by atoms with Gasteiger partial charge in [0.25, 0.3) is 0 Å². The van der Waals surface area contributed by atoms with Gasteiger partial charge in [-0.2, -0.15) is 0 Å². The van der Waals surface area contributed by atoms with Crippen molar-refractivity contribution >= 4 is 10.0 Å². The van der Waals surface area contributed by atoms with E-state index in [9.17, 15) is 17.2 Å². The van der Waals surface area contributed by atoms with Gasteiger partial charge in [0.15, 0.2) is 0 Å². The zero-order valence-corrected chi connectivity index (χ0v) is 12.3. The van der Waals surface area contributed by atoms with Gasteiger partial charge in [-0.15, -0.1) is 0 Å². The molecule has 0 unspecified atom stereocenters. The number of rotatable bonds is 9. The first-order valence-corrected chi connectivity index (χ1v) is 8.22. The van der Waals surface area contributed by atoms with E-state index in [0.717, 1.165) is 31.6 Å². The number of hydrogen-bond donors (Lipinski definition) is 2. The van der Waals surface area contributed by atoms with Crippen molar-refractivity contribution in [1.29, 1.82) is 0 Å². The van der Waals surface area contributed by atoms with Crippen LogP contribution in [0, 0.1) is 11.6 Å². The van der Waals surface area contributed by atoms with Crippen molar-refractivity contribution < 1.29 is 17.2 Å². The first-order chi connectivity index (χ1) is 9.44. The molecule has 114 valence electrons. The van der Waals surface area contributed by atoms with E-state index in [1.54, 1.807) is 0 Å². The van der Waals surface area contributed by atoms with E-state index < -0.39 is 21.7 Å². The number of sulfonamides is 1. The van der Waals surface area contributed by atoms with Crippen LogP contribution in [0.5, 0.6) is 0 Å². The largest absolute Gasteiger partial charge is 0.317 e. The van der Waals surface area contributed by atoms with Crippen molar-refractivity contribution in [1.82, 2.24) is 10.0 Å². The SMILES string of the molecule is CCNCCCCS(=O)(=O)NCc1ccc(F)cc1F. The average Bonchev–Trinajstić information content (AvgIpc) is 2.37. The molecule has 0 saturated carbocycles. The number of nitrogens with one attached hydrogen (secondary N) is 2. The molecule has 4 nitrogen and oxygen atoms in total. The van der Waals surface area contributed by atoms with Crippen LogP contribution >= 0.6 is 0 Å². The summed E-state index contributed by atoms with van der Waals surface area (Å²) in [7, 11) is -3.43. The second kappa shape index (κ2) is 8.28. The second-order valence-electron chi connectivity index (χ2n) is 4.44. The van der Waals surface area contributed by atoms with Gasteiger partial charge in [-0.05, 0) is 32.0 Å². The molecule has 1 rings (SSSR count). The maximum absolute atomic E-state index is 13.3.